The van der Waals surface area contributed by atoms with Crippen LogP contribution in [-0.4, -0.2) is 20.4 Å². The molecule has 148 valence electrons. The summed E-state index contributed by atoms with van der Waals surface area (Å²) in [5.41, 5.74) is 2.40. The predicted octanol–water partition coefficient (Wildman–Crippen LogP) is 4.24. The second-order valence-electron chi connectivity index (χ2n) is 7.28. The van der Waals surface area contributed by atoms with Crippen molar-refractivity contribution < 1.29 is 13.2 Å². The van der Waals surface area contributed by atoms with Crippen LogP contribution in [0.5, 0.6) is 0 Å². The number of benzene rings is 2. The van der Waals surface area contributed by atoms with Crippen molar-refractivity contribution in [3.8, 4) is 0 Å². The van der Waals surface area contributed by atoms with Crippen LogP contribution in [0, 0.1) is 0 Å². The van der Waals surface area contributed by atoms with E-state index < -0.39 is 15.9 Å². The fourth-order valence-corrected chi connectivity index (χ4v) is 5.82. The second kappa shape index (κ2) is 7.67. The van der Waals surface area contributed by atoms with Gasteiger partial charge in [-0.15, -0.1) is 0 Å². The number of rotatable bonds is 5. The minimum atomic E-state index is -3.82. The number of hydrogen-bond donors (Lipinski definition) is 2. The number of sulfonamides is 1. The molecule has 4 rings (SSSR count). The van der Waals surface area contributed by atoms with Gasteiger partial charge in [0.05, 0.1) is 21.7 Å². The van der Waals surface area contributed by atoms with Crippen molar-refractivity contribution in [2.45, 2.75) is 49.1 Å². The van der Waals surface area contributed by atoms with E-state index in [9.17, 15) is 13.2 Å². The van der Waals surface area contributed by atoms with Gasteiger partial charge in [-0.3, -0.25) is 4.79 Å². The molecular formula is C20H20Cl2N2O3S. The van der Waals surface area contributed by atoms with Gasteiger partial charge in [0.25, 0.3) is 5.91 Å². The van der Waals surface area contributed by atoms with Crippen molar-refractivity contribution in [3.63, 3.8) is 0 Å². The predicted molar refractivity (Wildman–Crippen MR) is 109 cm³/mol. The maximum atomic E-state index is 12.9. The molecule has 2 aliphatic rings. The van der Waals surface area contributed by atoms with Gasteiger partial charge in [-0.1, -0.05) is 53.9 Å². The summed E-state index contributed by atoms with van der Waals surface area (Å²) in [4.78, 5) is 12.7. The molecule has 2 aromatic carbocycles. The van der Waals surface area contributed by atoms with Crippen molar-refractivity contribution in [2.24, 2.45) is 0 Å². The number of nitrogens with one attached hydrogen (secondary N) is 2. The molecule has 0 aromatic heterocycles. The highest BCUT2D eigenvalue weighted by atomic mass is 35.5. The maximum Gasteiger partial charge on any atom is 0.253 e. The summed E-state index contributed by atoms with van der Waals surface area (Å²) < 4.78 is 28.0. The normalized spacial score (nSPS) is 19.1. The fraction of sp³-hybridized carbons (Fsp3) is 0.350. The summed E-state index contributed by atoms with van der Waals surface area (Å²) in [6.07, 6.45) is 4.29. The molecule has 1 atom stereocenters. The summed E-state index contributed by atoms with van der Waals surface area (Å²) in [6.45, 7) is 0. The van der Waals surface area contributed by atoms with Gasteiger partial charge in [-0.05, 0) is 48.9 Å². The van der Waals surface area contributed by atoms with E-state index in [1.165, 1.54) is 17.7 Å². The van der Waals surface area contributed by atoms with Crippen molar-refractivity contribution in [1.29, 1.82) is 0 Å². The highest BCUT2D eigenvalue weighted by Crippen LogP contribution is 2.33. The highest BCUT2D eigenvalue weighted by molar-refractivity contribution is 7.89. The van der Waals surface area contributed by atoms with Crippen LogP contribution in [0.4, 0.5) is 0 Å². The zero-order valence-corrected chi connectivity index (χ0v) is 17.4. The van der Waals surface area contributed by atoms with E-state index in [0.717, 1.165) is 37.7 Å². The smallest absolute Gasteiger partial charge is 0.253 e. The topological polar surface area (TPSA) is 75.3 Å². The van der Waals surface area contributed by atoms with Crippen LogP contribution in [0.25, 0.3) is 0 Å². The average Bonchev–Trinajstić information content (AvgIpc) is 3.01. The molecule has 2 aromatic rings. The van der Waals surface area contributed by atoms with Crippen LogP contribution in [0.3, 0.4) is 0 Å². The molecule has 2 N–H and O–H groups in total. The average molecular weight is 439 g/mol. The Bertz CT molecular complexity index is 1040. The maximum absolute atomic E-state index is 12.9. The Balaban J connectivity index is 1.60. The van der Waals surface area contributed by atoms with Gasteiger partial charge in [0.1, 0.15) is 4.90 Å². The SMILES string of the molecule is O=C(NC1CCc2ccccc21)c1cc(S(=O)(=O)NC2CCC2)c(Cl)cc1Cl. The third-order valence-electron chi connectivity index (χ3n) is 5.42. The first-order chi connectivity index (χ1) is 13.3. The van der Waals surface area contributed by atoms with E-state index in [1.807, 2.05) is 24.3 Å². The standard InChI is InChI=1S/C20H20Cl2N2O3S/c21-16-11-17(22)19(28(26,27)24-13-5-3-6-13)10-15(16)20(25)23-18-9-8-12-4-1-2-7-14(12)18/h1-2,4,7,10-11,13,18,24H,3,5-6,8-9H2,(H,23,25). The van der Waals surface area contributed by atoms with E-state index in [0.29, 0.717) is 0 Å². The van der Waals surface area contributed by atoms with E-state index in [2.05, 4.69) is 10.0 Å². The van der Waals surface area contributed by atoms with E-state index in [1.54, 1.807) is 0 Å². The lowest BCUT2D eigenvalue weighted by Gasteiger charge is -2.26. The molecule has 1 fully saturated rings. The monoisotopic (exact) mass is 438 g/mol. The lowest BCUT2D eigenvalue weighted by Crippen LogP contribution is -2.39. The summed E-state index contributed by atoms with van der Waals surface area (Å²) in [5, 5.41) is 3.09. The summed E-state index contributed by atoms with van der Waals surface area (Å²) in [7, 11) is -3.82. The second-order valence-corrected chi connectivity index (χ2v) is 9.77. The number of hydrogen-bond acceptors (Lipinski definition) is 3. The number of amides is 1. The van der Waals surface area contributed by atoms with Crippen molar-refractivity contribution in [3.05, 3.63) is 63.1 Å². The minimum Gasteiger partial charge on any atom is -0.345 e. The van der Waals surface area contributed by atoms with Crippen molar-refractivity contribution >= 4 is 39.1 Å². The molecule has 28 heavy (non-hydrogen) atoms. The first-order valence-electron chi connectivity index (χ1n) is 9.25. The van der Waals surface area contributed by atoms with Gasteiger partial charge in [-0.25, -0.2) is 13.1 Å². The molecule has 1 saturated carbocycles. The highest BCUT2D eigenvalue weighted by Gasteiger charge is 2.29. The Morgan fingerprint density at radius 2 is 1.79 bits per heavy atom. The Morgan fingerprint density at radius 1 is 1.04 bits per heavy atom. The number of aryl methyl sites for hydroxylation is 1. The molecule has 0 saturated heterocycles. The minimum absolute atomic E-state index is 0.000384. The number of carbonyl (C=O) groups excluding carboxylic acids is 1. The third kappa shape index (κ3) is 3.79. The van der Waals surface area contributed by atoms with Gasteiger partial charge >= 0.3 is 0 Å². The van der Waals surface area contributed by atoms with Gasteiger partial charge in [0.15, 0.2) is 0 Å². The lowest BCUT2D eigenvalue weighted by molar-refractivity contribution is 0.0936. The summed E-state index contributed by atoms with van der Waals surface area (Å²) in [5.74, 6) is -0.413. The number of fused-ring (bicyclic) bond motifs is 1. The Hall–Kier alpha value is -1.60. The largest absolute Gasteiger partial charge is 0.345 e. The molecule has 0 bridgehead atoms. The van der Waals surface area contributed by atoms with E-state index >= 15 is 0 Å². The summed E-state index contributed by atoms with van der Waals surface area (Å²) >= 11 is 12.4. The van der Waals surface area contributed by atoms with Crippen LogP contribution in [-0.2, 0) is 16.4 Å². The lowest BCUT2D eigenvalue weighted by atomic mass is 9.94. The Kier molecular flexibility index (Phi) is 5.40. The van der Waals surface area contributed by atoms with Crippen LogP contribution >= 0.6 is 23.2 Å². The fourth-order valence-electron chi connectivity index (χ4n) is 3.66. The third-order valence-corrected chi connectivity index (χ3v) is 7.72. The van der Waals surface area contributed by atoms with Crippen LogP contribution in [0.15, 0.2) is 41.3 Å². The molecular weight excluding hydrogens is 419 g/mol. The zero-order chi connectivity index (χ0) is 19.9. The Morgan fingerprint density at radius 3 is 2.50 bits per heavy atom. The van der Waals surface area contributed by atoms with E-state index in [4.69, 9.17) is 23.2 Å². The molecule has 1 unspecified atom stereocenters. The first-order valence-corrected chi connectivity index (χ1v) is 11.5. The molecule has 5 nitrogen and oxygen atoms in total. The number of carbonyl (C=O) groups is 1. The van der Waals surface area contributed by atoms with Gasteiger partial charge in [0.2, 0.25) is 10.0 Å². The van der Waals surface area contributed by atoms with Crippen LogP contribution in [0.1, 0.15) is 53.2 Å². The molecule has 0 aliphatic heterocycles. The number of halogens is 2. The van der Waals surface area contributed by atoms with Crippen molar-refractivity contribution in [1.82, 2.24) is 10.0 Å². The molecule has 0 spiro atoms. The molecule has 1 amide bonds. The van der Waals surface area contributed by atoms with Crippen LogP contribution in [0.2, 0.25) is 10.0 Å². The van der Waals surface area contributed by atoms with Gasteiger partial charge in [0, 0.05) is 6.04 Å². The molecule has 0 heterocycles. The zero-order valence-electron chi connectivity index (χ0n) is 15.0. The molecule has 0 radical (unpaired) electrons. The quantitative estimate of drug-likeness (QED) is 0.732. The van der Waals surface area contributed by atoms with Crippen molar-refractivity contribution in [2.75, 3.05) is 0 Å². The van der Waals surface area contributed by atoms with Gasteiger partial charge < -0.3 is 5.32 Å². The Labute approximate surface area is 174 Å². The van der Waals surface area contributed by atoms with E-state index in [-0.39, 0.29) is 32.6 Å². The molecule has 2 aliphatic carbocycles. The molecule has 8 heteroatoms. The summed E-state index contributed by atoms with van der Waals surface area (Å²) in [6, 6.07) is 10.3. The van der Waals surface area contributed by atoms with Gasteiger partial charge in [-0.2, -0.15) is 0 Å². The van der Waals surface area contributed by atoms with Crippen LogP contribution < -0.4 is 10.0 Å². The first kappa shape index (κ1) is 19.7.